The first kappa shape index (κ1) is 27.9. The molecule has 0 aliphatic rings. The van der Waals surface area contributed by atoms with Gasteiger partial charge in [0.05, 0.1) is 23.6 Å². The third-order valence-electron chi connectivity index (χ3n) is 6.48. The van der Waals surface area contributed by atoms with E-state index in [2.05, 4.69) is 81.8 Å². The predicted molar refractivity (Wildman–Crippen MR) is 155 cm³/mol. The lowest BCUT2D eigenvalue weighted by Gasteiger charge is -2.21. The van der Waals surface area contributed by atoms with Crippen LogP contribution in [0.4, 0.5) is 4.79 Å². The molecular weight excluding hydrogens is 488 g/mol. The number of imidazole rings is 1. The van der Waals surface area contributed by atoms with Crippen LogP contribution in [-0.4, -0.2) is 33.3 Å². The Bertz CT molecular complexity index is 1520. The second kappa shape index (κ2) is 11.7. The van der Waals surface area contributed by atoms with Crippen molar-refractivity contribution in [3.05, 3.63) is 101 Å². The molecule has 39 heavy (non-hydrogen) atoms. The van der Waals surface area contributed by atoms with Gasteiger partial charge in [-0.3, -0.25) is 4.79 Å². The van der Waals surface area contributed by atoms with Crippen molar-refractivity contribution in [2.75, 3.05) is 6.54 Å². The van der Waals surface area contributed by atoms with Gasteiger partial charge in [-0.2, -0.15) is 0 Å². The predicted octanol–water partition coefficient (Wildman–Crippen LogP) is 5.86. The minimum absolute atomic E-state index is 0.112. The van der Waals surface area contributed by atoms with Gasteiger partial charge in [-0.25, -0.2) is 4.79 Å². The standard InChI is InChI=1S/C32H38N4O3/c1-22-11-15-25(16-12-22)19-27(20-33-24(3)37)36-29-10-8-7-9-28(29)35(21-26-17-13-23(2)14-18-26)30(36)34-31(38)39-32(4,5)6/h7-18,27H,19-21H2,1-6H3,(H,33,37)/b34-30+. The van der Waals surface area contributed by atoms with E-state index >= 15 is 0 Å². The number of nitrogens with one attached hydrogen (secondary N) is 1. The highest BCUT2D eigenvalue weighted by Crippen LogP contribution is 2.22. The number of nitrogens with zero attached hydrogens (tertiary/aromatic N) is 3. The largest absolute Gasteiger partial charge is 0.442 e. The fourth-order valence-corrected chi connectivity index (χ4v) is 4.63. The summed E-state index contributed by atoms with van der Waals surface area (Å²) in [5.74, 6) is -0.112. The average molecular weight is 527 g/mol. The summed E-state index contributed by atoms with van der Waals surface area (Å²) in [5, 5.41) is 3.00. The number of rotatable bonds is 7. The SMILES string of the molecule is CC(=O)NCC(Cc1ccc(C)cc1)n1/c(=N/C(=O)OC(C)(C)C)n(Cc2ccc(C)cc2)c2ccccc21. The van der Waals surface area contributed by atoms with Crippen molar-refractivity contribution < 1.29 is 14.3 Å². The zero-order chi connectivity index (χ0) is 28.2. The second-order valence-electron chi connectivity index (χ2n) is 11.1. The van der Waals surface area contributed by atoms with E-state index in [9.17, 15) is 9.59 Å². The molecule has 0 bridgehead atoms. The number of aromatic nitrogens is 2. The number of para-hydroxylation sites is 2. The first-order chi connectivity index (χ1) is 18.5. The van der Waals surface area contributed by atoms with E-state index in [4.69, 9.17) is 4.74 Å². The third-order valence-corrected chi connectivity index (χ3v) is 6.48. The van der Waals surface area contributed by atoms with Crippen LogP contribution in [0.15, 0.2) is 77.8 Å². The Kier molecular flexibility index (Phi) is 8.38. The van der Waals surface area contributed by atoms with Crippen LogP contribution >= 0.6 is 0 Å². The average Bonchev–Trinajstić information content (AvgIpc) is 3.15. The summed E-state index contributed by atoms with van der Waals surface area (Å²) in [7, 11) is 0. The Morgan fingerprint density at radius 3 is 2.00 bits per heavy atom. The Labute approximate surface area is 230 Å². The van der Waals surface area contributed by atoms with Crippen molar-refractivity contribution in [3.63, 3.8) is 0 Å². The molecule has 0 aliphatic heterocycles. The summed E-state index contributed by atoms with van der Waals surface area (Å²) >= 11 is 0. The zero-order valence-electron chi connectivity index (χ0n) is 23.7. The minimum atomic E-state index is -0.684. The van der Waals surface area contributed by atoms with Gasteiger partial charge in [-0.15, -0.1) is 4.99 Å². The number of hydrogen-bond acceptors (Lipinski definition) is 3. The molecule has 2 amide bonds. The summed E-state index contributed by atoms with van der Waals surface area (Å²) in [6.07, 6.45) is -0.0153. The normalized spacial score (nSPS) is 12.9. The molecule has 0 radical (unpaired) electrons. The molecule has 0 fully saturated rings. The highest BCUT2D eigenvalue weighted by atomic mass is 16.6. The molecule has 0 aliphatic carbocycles. The lowest BCUT2D eigenvalue weighted by Crippen LogP contribution is -2.37. The number of carbonyl (C=O) groups is 2. The number of benzene rings is 3. The molecule has 3 aromatic carbocycles. The fraction of sp³-hybridized carbons (Fsp3) is 0.344. The summed E-state index contributed by atoms with van der Waals surface area (Å²) in [5.41, 5.74) is 6.24. The number of fused-ring (bicyclic) bond motifs is 1. The van der Waals surface area contributed by atoms with Gasteiger partial charge in [0.2, 0.25) is 11.5 Å². The van der Waals surface area contributed by atoms with E-state index in [1.54, 1.807) is 0 Å². The quantitative estimate of drug-likeness (QED) is 0.327. The van der Waals surface area contributed by atoms with Gasteiger partial charge in [0.15, 0.2) is 0 Å². The van der Waals surface area contributed by atoms with Crippen LogP contribution < -0.4 is 10.9 Å². The van der Waals surface area contributed by atoms with E-state index < -0.39 is 11.7 Å². The lowest BCUT2D eigenvalue weighted by atomic mass is 10.0. The van der Waals surface area contributed by atoms with Crippen molar-refractivity contribution in [1.82, 2.24) is 14.5 Å². The van der Waals surface area contributed by atoms with Crippen LogP contribution in [0.2, 0.25) is 0 Å². The maximum absolute atomic E-state index is 13.1. The summed E-state index contributed by atoms with van der Waals surface area (Å²) < 4.78 is 9.75. The molecule has 7 heteroatoms. The lowest BCUT2D eigenvalue weighted by molar-refractivity contribution is -0.119. The Morgan fingerprint density at radius 1 is 0.872 bits per heavy atom. The van der Waals surface area contributed by atoms with Gasteiger partial charge >= 0.3 is 6.09 Å². The van der Waals surface area contributed by atoms with Gasteiger partial charge in [0.25, 0.3) is 0 Å². The number of aryl methyl sites for hydroxylation is 2. The maximum Gasteiger partial charge on any atom is 0.437 e. The van der Waals surface area contributed by atoms with E-state index in [1.807, 2.05) is 45.0 Å². The van der Waals surface area contributed by atoms with Crippen LogP contribution in [0.5, 0.6) is 0 Å². The van der Waals surface area contributed by atoms with Crippen molar-refractivity contribution in [1.29, 1.82) is 0 Å². The number of amides is 2. The van der Waals surface area contributed by atoms with E-state index in [0.29, 0.717) is 25.1 Å². The van der Waals surface area contributed by atoms with Gasteiger partial charge < -0.3 is 19.2 Å². The second-order valence-corrected chi connectivity index (χ2v) is 11.1. The topological polar surface area (TPSA) is 77.6 Å². The molecule has 1 unspecified atom stereocenters. The number of hydrogen-bond donors (Lipinski definition) is 1. The number of carbonyl (C=O) groups excluding carboxylic acids is 2. The number of ether oxygens (including phenoxy) is 1. The van der Waals surface area contributed by atoms with Gasteiger partial charge in [0, 0.05) is 13.5 Å². The highest BCUT2D eigenvalue weighted by Gasteiger charge is 2.23. The van der Waals surface area contributed by atoms with Crippen LogP contribution in [0.1, 0.15) is 56.0 Å². The Balaban J connectivity index is 1.95. The molecule has 1 N–H and O–H groups in total. The van der Waals surface area contributed by atoms with E-state index in [-0.39, 0.29) is 11.9 Å². The molecule has 7 nitrogen and oxygen atoms in total. The summed E-state index contributed by atoms with van der Waals surface area (Å²) in [6, 6.07) is 24.5. The first-order valence-corrected chi connectivity index (χ1v) is 13.3. The zero-order valence-corrected chi connectivity index (χ0v) is 23.7. The van der Waals surface area contributed by atoms with Crippen molar-refractivity contribution in [3.8, 4) is 0 Å². The summed E-state index contributed by atoms with van der Waals surface area (Å²) in [6.45, 7) is 12.0. The highest BCUT2D eigenvalue weighted by molar-refractivity contribution is 5.77. The molecule has 0 saturated heterocycles. The molecule has 204 valence electrons. The fourth-order valence-electron chi connectivity index (χ4n) is 4.63. The van der Waals surface area contributed by atoms with Gasteiger partial charge in [-0.05, 0) is 64.3 Å². The molecule has 1 atom stereocenters. The van der Waals surface area contributed by atoms with Gasteiger partial charge in [0.1, 0.15) is 5.60 Å². The molecular formula is C32H38N4O3. The smallest absolute Gasteiger partial charge is 0.437 e. The molecule has 0 saturated carbocycles. The molecule has 4 aromatic rings. The third kappa shape index (κ3) is 7.25. The molecule has 1 aromatic heterocycles. The van der Waals surface area contributed by atoms with Crippen LogP contribution in [0.3, 0.4) is 0 Å². The van der Waals surface area contributed by atoms with E-state index in [1.165, 1.54) is 18.1 Å². The van der Waals surface area contributed by atoms with Gasteiger partial charge in [-0.1, -0.05) is 71.8 Å². The molecule has 1 heterocycles. The Hall–Kier alpha value is -4.13. The Morgan fingerprint density at radius 2 is 1.44 bits per heavy atom. The van der Waals surface area contributed by atoms with Crippen LogP contribution in [0, 0.1) is 13.8 Å². The minimum Gasteiger partial charge on any atom is -0.442 e. The van der Waals surface area contributed by atoms with Crippen molar-refractivity contribution >= 4 is 23.0 Å². The molecule has 4 rings (SSSR count). The summed E-state index contributed by atoms with van der Waals surface area (Å²) in [4.78, 5) is 29.7. The van der Waals surface area contributed by atoms with Crippen LogP contribution in [0.25, 0.3) is 11.0 Å². The van der Waals surface area contributed by atoms with Crippen LogP contribution in [-0.2, 0) is 22.5 Å². The van der Waals surface area contributed by atoms with Crippen molar-refractivity contribution in [2.24, 2.45) is 4.99 Å². The monoisotopic (exact) mass is 526 g/mol. The van der Waals surface area contributed by atoms with Crippen molar-refractivity contribution in [2.45, 2.75) is 66.2 Å². The first-order valence-electron chi connectivity index (χ1n) is 13.3. The maximum atomic E-state index is 13.1. The molecule has 0 spiro atoms. The van der Waals surface area contributed by atoms with E-state index in [0.717, 1.165) is 22.2 Å².